The van der Waals surface area contributed by atoms with Crippen LogP contribution in [0.4, 0.5) is 11.5 Å². The molecule has 1 fully saturated rings. The van der Waals surface area contributed by atoms with E-state index in [1.54, 1.807) is 11.8 Å². The minimum absolute atomic E-state index is 0.158. The van der Waals surface area contributed by atoms with Crippen LogP contribution in [0, 0.1) is 0 Å². The summed E-state index contributed by atoms with van der Waals surface area (Å²) in [5, 5.41) is 7.41. The van der Waals surface area contributed by atoms with Gasteiger partial charge in [-0.05, 0) is 65.8 Å². The van der Waals surface area contributed by atoms with Crippen molar-refractivity contribution in [2.24, 2.45) is 0 Å². The molecule has 0 bridgehead atoms. The standard InChI is InChI=1S/C24H35N7O2S/c1-6-30(4)14(2)15(3)31-22-19(27-29-31)23(34-5)26-21(25-22)18-16-10-9-13-24(20(16)33-28-18)12-8-7-11-17(24)32/h14-15,27,29H,6-13H2,1-5H3/t14-,15?,24+/m0/s1. The van der Waals surface area contributed by atoms with Crippen LogP contribution in [0.3, 0.4) is 0 Å². The van der Waals surface area contributed by atoms with Gasteiger partial charge in [0.15, 0.2) is 23.1 Å². The maximum atomic E-state index is 13.0. The van der Waals surface area contributed by atoms with Crippen LogP contribution in [0.1, 0.15) is 70.6 Å². The van der Waals surface area contributed by atoms with E-state index in [4.69, 9.17) is 14.5 Å². The van der Waals surface area contributed by atoms with Gasteiger partial charge in [-0.2, -0.15) is 0 Å². The molecule has 1 unspecified atom stereocenters. The molecule has 5 rings (SSSR count). The summed E-state index contributed by atoms with van der Waals surface area (Å²) in [5.41, 5.74) is 8.65. The maximum Gasteiger partial charge on any atom is 0.185 e. The summed E-state index contributed by atoms with van der Waals surface area (Å²) in [5.74, 6) is 2.46. The van der Waals surface area contributed by atoms with Gasteiger partial charge < -0.3 is 9.42 Å². The molecule has 0 saturated heterocycles. The molecule has 2 aliphatic carbocycles. The van der Waals surface area contributed by atoms with Crippen LogP contribution in [-0.2, 0) is 16.6 Å². The molecular weight excluding hydrogens is 450 g/mol. The number of fused-ring (bicyclic) bond motifs is 3. The van der Waals surface area contributed by atoms with Gasteiger partial charge in [0.1, 0.15) is 16.5 Å². The van der Waals surface area contributed by atoms with Crippen LogP contribution in [0.2, 0.25) is 0 Å². The number of aromatic nitrogens is 3. The molecule has 9 nitrogen and oxygen atoms in total. The molecule has 0 radical (unpaired) electrons. The molecule has 0 amide bonds. The highest BCUT2D eigenvalue weighted by Crippen LogP contribution is 2.48. The van der Waals surface area contributed by atoms with E-state index in [1.165, 1.54) is 0 Å². The van der Waals surface area contributed by atoms with E-state index in [9.17, 15) is 4.79 Å². The minimum Gasteiger partial charge on any atom is -0.359 e. The molecule has 1 spiro atoms. The van der Waals surface area contributed by atoms with E-state index >= 15 is 0 Å². The van der Waals surface area contributed by atoms with E-state index < -0.39 is 5.41 Å². The molecule has 2 N–H and O–H groups in total. The highest BCUT2D eigenvalue weighted by Gasteiger charge is 2.48. The number of ketones is 1. The van der Waals surface area contributed by atoms with Crippen molar-refractivity contribution < 1.29 is 9.32 Å². The maximum absolute atomic E-state index is 13.0. The number of rotatable bonds is 6. The Hall–Kier alpha value is -2.17. The van der Waals surface area contributed by atoms with Gasteiger partial charge in [-0.15, -0.1) is 17.3 Å². The van der Waals surface area contributed by atoms with Crippen LogP contribution in [0.15, 0.2) is 9.55 Å². The number of carbonyl (C=O) groups excluding carboxylic acids is 1. The van der Waals surface area contributed by atoms with E-state index in [1.807, 2.05) is 6.26 Å². The monoisotopic (exact) mass is 485 g/mol. The largest absolute Gasteiger partial charge is 0.359 e. The highest BCUT2D eigenvalue weighted by atomic mass is 32.2. The first-order chi connectivity index (χ1) is 16.4. The Morgan fingerprint density at radius 1 is 1.21 bits per heavy atom. The SMILES string of the molecule is CCN(C)[C@@H](C)C(C)N1NNc2c(SC)nc(-c3noc4c3CCC[C@@]43CCCCC3=O)nc21. The third-order valence-electron chi connectivity index (χ3n) is 8.14. The summed E-state index contributed by atoms with van der Waals surface area (Å²) >= 11 is 1.57. The molecule has 3 aliphatic rings. The normalized spacial score (nSPS) is 23.7. The van der Waals surface area contributed by atoms with Crippen LogP contribution in [0.5, 0.6) is 0 Å². The Labute approximate surface area is 205 Å². The van der Waals surface area contributed by atoms with E-state index in [2.05, 4.69) is 53.8 Å². The number of likely N-dealkylation sites (N-methyl/N-ethyl adjacent to an activating group) is 1. The Balaban J connectivity index is 1.56. The first kappa shape index (κ1) is 23.6. The summed E-state index contributed by atoms with van der Waals surface area (Å²) in [4.78, 5) is 25.2. The second-order valence-corrected chi connectivity index (χ2v) is 10.6. The number of hydrogen-bond acceptors (Lipinski definition) is 10. The molecule has 3 heterocycles. The fourth-order valence-corrected chi connectivity index (χ4v) is 6.20. The summed E-state index contributed by atoms with van der Waals surface area (Å²) in [6, 6.07) is 0.462. The molecule has 10 heteroatoms. The van der Waals surface area contributed by atoms with Crippen LogP contribution in [-0.4, -0.2) is 57.7 Å². The first-order valence-electron chi connectivity index (χ1n) is 12.4. The van der Waals surface area contributed by atoms with Gasteiger partial charge in [0.2, 0.25) is 0 Å². The molecule has 34 heavy (non-hydrogen) atoms. The smallest absolute Gasteiger partial charge is 0.185 e. The third kappa shape index (κ3) is 3.61. The summed E-state index contributed by atoms with van der Waals surface area (Å²) in [6.07, 6.45) is 8.20. The van der Waals surface area contributed by atoms with Gasteiger partial charge in [0.25, 0.3) is 0 Å². The lowest BCUT2D eigenvalue weighted by atomic mass is 9.64. The molecular formula is C24H35N7O2S. The van der Waals surface area contributed by atoms with Gasteiger partial charge in [-0.3, -0.25) is 15.2 Å². The van der Waals surface area contributed by atoms with Crippen molar-refractivity contribution in [1.29, 1.82) is 0 Å². The molecule has 0 aromatic carbocycles. The number of thioether (sulfide) groups is 1. The minimum atomic E-state index is -0.500. The molecule has 1 aliphatic heterocycles. The zero-order valence-corrected chi connectivity index (χ0v) is 21.6. The number of nitrogens with zero attached hydrogens (tertiary/aromatic N) is 5. The van der Waals surface area contributed by atoms with Gasteiger partial charge in [0.05, 0.1) is 11.5 Å². The average Bonchev–Trinajstić information content (AvgIpc) is 3.49. The first-order valence-corrected chi connectivity index (χ1v) is 13.6. The number of hydrogen-bond donors (Lipinski definition) is 2. The second-order valence-electron chi connectivity index (χ2n) is 9.82. The zero-order valence-electron chi connectivity index (χ0n) is 20.8. The van der Waals surface area contributed by atoms with Crippen molar-refractivity contribution in [2.75, 3.05) is 30.3 Å². The molecule has 2 aromatic rings. The Morgan fingerprint density at radius 3 is 2.74 bits per heavy atom. The van der Waals surface area contributed by atoms with E-state index in [0.29, 0.717) is 29.8 Å². The fourth-order valence-electron chi connectivity index (χ4n) is 5.67. The predicted molar refractivity (Wildman–Crippen MR) is 134 cm³/mol. The predicted octanol–water partition coefficient (Wildman–Crippen LogP) is 3.95. The Bertz CT molecular complexity index is 1090. The van der Waals surface area contributed by atoms with Crippen LogP contribution < -0.4 is 16.0 Å². The van der Waals surface area contributed by atoms with Crippen molar-refractivity contribution in [3.05, 3.63) is 11.3 Å². The van der Waals surface area contributed by atoms with Gasteiger partial charge in [-0.25, -0.2) is 9.97 Å². The molecule has 2 aromatic heterocycles. The quantitative estimate of drug-likeness (QED) is 0.462. The van der Waals surface area contributed by atoms with Crippen LogP contribution in [0.25, 0.3) is 11.5 Å². The lowest BCUT2D eigenvalue weighted by Gasteiger charge is -2.36. The summed E-state index contributed by atoms with van der Waals surface area (Å²) in [7, 11) is 2.13. The van der Waals surface area contributed by atoms with Gasteiger partial charge in [0, 0.05) is 18.0 Å². The van der Waals surface area contributed by atoms with Crippen molar-refractivity contribution in [3.8, 4) is 11.5 Å². The third-order valence-corrected chi connectivity index (χ3v) is 8.82. The van der Waals surface area contributed by atoms with E-state index in [-0.39, 0.29) is 6.04 Å². The molecule has 184 valence electrons. The number of carbonyl (C=O) groups is 1. The number of hydrazine groups is 2. The average molecular weight is 486 g/mol. The van der Waals surface area contributed by atoms with Crippen molar-refractivity contribution >= 4 is 29.1 Å². The Morgan fingerprint density at radius 2 is 2.00 bits per heavy atom. The lowest BCUT2D eigenvalue weighted by Crippen LogP contribution is -2.52. The molecule has 1 saturated carbocycles. The van der Waals surface area contributed by atoms with Crippen LogP contribution >= 0.6 is 11.8 Å². The topological polar surface area (TPSA) is 99.4 Å². The zero-order chi connectivity index (χ0) is 24.0. The summed E-state index contributed by atoms with van der Waals surface area (Å²) < 4.78 is 5.95. The van der Waals surface area contributed by atoms with Crippen molar-refractivity contribution in [3.63, 3.8) is 0 Å². The van der Waals surface area contributed by atoms with Gasteiger partial charge in [-0.1, -0.05) is 18.5 Å². The fraction of sp³-hybridized carbons (Fsp3) is 0.667. The van der Waals surface area contributed by atoms with Gasteiger partial charge >= 0.3 is 0 Å². The second kappa shape index (κ2) is 9.13. The molecule has 3 atom stereocenters. The van der Waals surface area contributed by atoms with Crippen molar-refractivity contribution in [2.45, 2.75) is 88.2 Å². The lowest BCUT2D eigenvalue weighted by molar-refractivity contribution is -0.128. The van der Waals surface area contributed by atoms with E-state index in [0.717, 1.165) is 72.9 Å². The number of Topliss-reactive ketones (excluding diaryl/α,β-unsaturated/α-hetero) is 1. The number of nitrogens with one attached hydrogen (secondary N) is 2. The van der Waals surface area contributed by atoms with Crippen molar-refractivity contribution in [1.82, 2.24) is 25.6 Å². The summed E-state index contributed by atoms with van der Waals surface area (Å²) in [6.45, 7) is 7.55. The highest BCUT2D eigenvalue weighted by molar-refractivity contribution is 7.98. The Kier molecular flexibility index (Phi) is 6.32. The number of anilines is 2.